The number of nitrogens with zero attached hydrogens (tertiary/aromatic N) is 3. The van der Waals surface area contributed by atoms with Crippen LogP contribution in [0.5, 0.6) is 0 Å². The van der Waals surface area contributed by atoms with Crippen LogP contribution in [0.1, 0.15) is 30.4 Å². The Morgan fingerprint density at radius 1 is 1.07 bits per heavy atom. The van der Waals surface area contributed by atoms with Crippen molar-refractivity contribution in [2.45, 2.75) is 44.6 Å². The van der Waals surface area contributed by atoms with Gasteiger partial charge in [-0.25, -0.2) is 13.2 Å². The van der Waals surface area contributed by atoms with Crippen LogP contribution in [0, 0.1) is 13.8 Å². The van der Waals surface area contributed by atoms with E-state index in [1.807, 2.05) is 17.9 Å². The second-order valence-electron chi connectivity index (χ2n) is 7.67. The summed E-state index contributed by atoms with van der Waals surface area (Å²) >= 11 is 0. The van der Waals surface area contributed by atoms with Gasteiger partial charge in [-0.05, 0) is 50.3 Å². The van der Waals surface area contributed by atoms with E-state index in [-0.39, 0.29) is 28.7 Å². The highest BCUT2D eigenvalue weighted by molar-refractivity contribution is 7.91. The molecular formula is C20H28N4O4S. The van der Waals surface area contributed by atoms with Gasteiger partial charge in [0, 0.05) is 26.7 Å². The lowest BCUT2D eigenvalue weighted by Crippen LogP contribution is -2.46. The van der Waals surface area contributed by atoms with Crippen LogP contribution in [0.3, 0.4) is 0 Å². The van der Waals surface area contributed by atoms with E-state index in [1.165, 1.54) is 11.6 Å². The molecular weight excluding hydrogens is 392 g/mol. The highest BCUT2D eigenvalue weighted by Crippen LogP contribution is 2.21. The van der Waals surface area contributed by atoms with E-state index in [4.69, 9.17) is 5.73 Å². The first kappa shape index (κ1) is 21.2. The fourth-order valence-corrected chi connectivity index (χ4v) is 5.31. The summed E-state index contributed by atoms with van der Waals surface area (Å²) in [6.07, 6.45) is 2.98. The number of anilines is 2. The van der Waals surface area contributed by atoms with Crippen molar-refractivity contribution in [2.24, 2.45) is 7.05 Å². The molecule has 3 rings (SSSR count). The number of aryl methyl sites for hydroxylation is 2. The lowest BCUT2D eigenvalue weighted by atomic mass is 10.1. The fraction of sp³-hybridized carbons (Fsp3) is 0.500. The third-order valence-corrected chi connectivity index (χ3v) is 7.33. The minimum absolute atomic E-state index is 0.121. The molecule has 8 nitrogen and oxygen atoms in total. The number of rotatable bonds is 5. The van der Waals surface area contributed by atoms with Gasteiger partial charge in [0.15, 0.2) is 9.84 Å². The number of nitrogens with two attached hydrogens (primary N) is 1. The predicted molar refractivity (Wildman–Crippen MR) is 114 cm³/mol. The SMILES string of the molecule is Cc1ccc(C)c(S(=O)(=O)CCn2c(=O)c(N3CCCCC3)c(N)n(C)c2=O)c1. The molecule has 1 saturated heterocycles. The molecule has 29 heavy (non-hydrogen) atoms. The van der Waals surface area contributed by atoms with Crippen LogP contribution in [-0.4, -0.2) is 36.4 Å². The zero-order valence-corrected chi connectivity index (χ0v) is 18.0. The summed E-state index contributed by atoms with van der Waals surface area (Å²) in [6, 6.07) is 5.22. The first-order valence-electron chi connectivity index (χ1n) is 9.78. The van der Waals surface area contributed by atoms with Crippen LogP contribution in [-0.2, 0) is 23.4 Å². The average Bonchev–Trinajstić information content (AvgIpc) is 2.69. The van der Waals surface area contributed by atoms with Crippen LogP contribution in [0.15, 0.2) is 32.7 Å². The summed E-state index contributed by atoms with van der Waals surface area (Å²) in [6.45, 7) is 4.72. The van der Waals surface area contributed by atoms with Gasteiger partial charge in [-0.15, -0.1) is 0 Å². The maximum atomic E-state index is 13.1. The molecule has 158 valence electrons. The van der Waals surface area contributed by atoms with Crippen molar-refractivity contribution in [1.29, 1.82) is 0 Å². The van der Waals surface area contributed by atoms with Gasteiger partial charge in [0.1, 0.15) is 11.5 Å². The summed E-state index contributed by atoms with van der Waals surface area (Å²) in [5.74, 6) is -0.217. The molecule has 0 atom stereocenters. The highest BCUT2D eigenvalue weighted by atomic mass is 32.2. The van der Waals surface area contributed by atoms with E-state index < -0.39 is 21.1 Å². The van der Waals surface area contributed by atoms with Crippen LogP contribution in [0.25, 0.3) is 0 Å². The zero-order chi connectivity index (χ0) is 21.3. The smallest absolute Gasteiger partial charge is 0.332 e. The van der Waals surface area contributed by atoms with Crippen molar-refractivity contribution < 1.29 is 8.42 Å². The maximum absolute atomic E-state index is 13.1. The number of benzene rings is 1. The molecule has 1 aliphatic rings. The van der Waals surface area contributed by atoms with Crippen LogP contribution >= 0.6 is 0 Å². The molecule has 0 unspecified atom stereocenters. The Kier molecular flexibility index (Phi) is 5.88. The lowest BCUT2D eigenvalue weighted by molar-refractivity contribution is 0.558. The van der Waals surface area contributed by atoms with Crippen molar-refractivity contribution in [1.82, 2.24) is 9.13 Å². The van der Waals surface area contributed by atoms with Gasteiger partial charge in [-0.2, -0.15) is 0 Å². The molecule has 2 aromatic rings. The van der Waals surface area contributed by atoms with E-state index in [0.717, 1.165) is 29.4 Å². The first-order chi connectivity index (χ1) is 13.6. The molecule has 1 aromatic carbocycles. The van der Waals surface area contributed by atoms with E-state index >= 15 is 0 Å². The minimum atomic E-state index is -3.66. The summed E-state index contributed by atoms with van der Waals surface area (Å²) in [5.41, 5.74) is 6.72. The molecule has 1 aliphatic heterocycles. The summed E-state index contributed by atoms with van der Waals surface area (Å²) in [7, 11) is -2.16. The minimum Gasteiger partial charge on any atom is -0.383 e. The molecule has 0 spiro atoms. The Labute approximate surface area is 170 Å². The third kappa shape index (κ3) is 4.10. The van der Waals surface area contributed by atoms with Gasteiger partial charge in [0.2, 0.25) is 0 Å². The van der Waals surface area contributed by atoms with Crippen LogP contribution in [0.4, 0.5) is 11.5 Å². The molecule has 2 N–H and O–H groups in total. The lowest BCUT2D eigenvalue weighted by Gasteiger charge is -2.29. The van der Waals surface area contributed by atoms with Gasteiger partial charge in [0.25, 0.3) is 5.56 Å². The van der Waals surface area contributed by atoms with Crippen molar-refractivity contribution in [3.05, 3.63) is 50.2 Å². The molecule has 0 bridgehead atoms. The Morgan fingerprint density at radius 2 is 1.72 bits per heavy atom. The molecule has 2 heterocycles. The van der Waals surface area contributed by atoms with Crippen molar-refractivity contribution in [3.8, 4) is 0 Å². The second kappa shape index (κ2) is 8.06. The first-order valence-corrected chi connectivity index (χ1v) is 11.4. The van der Waals surface area contributed by atoms with E-state index in [0.29, 0.717) is 18.7 Å². The zero-order valence-electron chi connectivity index (χ0n) is 17.1. The van der Waals surface area contributed by atoms with E-state index in [9.17, 15) is 18.0 Å². The summed E-state index contributed by atoms with van der Waals surface area (Å²) in [5, 5.41) is 0. The van der Waals surface area contributed by atoms with Gasteiger partial charge in [-0.1, -0.05) is 12.1 Å². The van der Waals surface area contributed by atoms with Crippen LogP contribution in [0.2, 0.25) is 0 Å². The Bertz CT molecular complexity index is 1140. The average molecular weight is 421 g/mol. The number of piperidine rings is 1. The Hall–Kier alpha value is -2.55. The molecule has 9 heteroatoms. The topological polar surface area (TPSA) is 107 Å². The Balaban J connectivity index is 1.99. The van der Waals surface area contributed by atoms with Crippen LogP contribution < -0.4 is 21.9 Å². The van der Waals surface area contributed by atoms with E-state index in [1.54, 1.807) is 19.1 Å². The number of nitrogen functional groups attached to an aromatic ring is 1. The van der Waals surface area contributed by atoms with Crippen molar-refractivity contribution in [2.75, 3.05) is 29.5 Å². The van der Waals surface area contributed by atoms with Gasteiger partial charge in [-0.3, -0.25) is 13.9 Å². The van der Waals surface area contributed by atoms with E-state index in [2.05, 4.69) is 0 Å². The third-order valence-electron chi connectivity index (χ3n) is 5.50. The fourth-order valence-electron chi connectivity index (χ4n) is 3.74. The number of hydrogen-bond acceptors (Lipinski definition) is 6. The quantitative estimate of drug-likeness (QED) is 0.779. The van der Waals surface area contributed by atoms with Gasteiger partial charge in [0.05, 0.1) is 10.6 Å². The summed E-state index contributed by atoms with van der Waals surface area (Å²) < 4.78 is 28.0. The standard InChI is InChI=1S/C20H28N4O4S/c1-14-7-8-15(2)16(13-14)29(27,28)12-11-24-19(25)17(18(21)22(3)20(24)26)23-9-5-4-6-10-23/h7-8,13H,4-6,9-12,21H2,1-3H3. The highest BCUT2D eigenvalue weighted by Gasteiger charge is 2.24. The number of sulfone groups is 1. The van der Waals surface area contributed by atoms with Crippen molar-refractivity contribution in [3.63, 3.8) is 0 Å². The molecule has 1 aromatic heterocycles. The summed E-state index contributed by atoms with van der Waals surface area (Å²) in [4.78, 5) is 27.9. The normalized spacial score (nSPS) is 14.9. The predicted octanol–water partition coefficient (Wildman–Crippen LogP) is 1.21. The second-order valence-corrected chi connectivity index (χ2v) is 9.75. The Morgan fingerprint density at radius 3 is 2.38 bits per heavy atom. The van der Waals surface area contributed by atoms with Gasteiger partial charge >= 0.3 is 5.69 Å². The molecule has 0 aliphatic carbocycles. The molecule has 0 amide bonds. The monoisotopic (exact) mass is 420 g/mol. The van der Waals surface area contributed by atoms with Gasteiger partial charge < -0.3 is 10.6 Å². The molecule has 0 saturated carbocycles. The maximum Gasteiger partial charge on any atom is 0.332 e. The molecule has 1 fully saturated rings. The largest absolute Gasteiger partial charge is 0.383 e. The van der Waals surface area contributed by atoms with Crippen molar-refractivity contribution >= 4 is 21.3 Å². The molecule has 0 radical (unpaired) electrons. The number of aromatic nitrogens is 2. The number of hydrogen-bond donors (Lipinski definition) is 1.